The molecule has 8 N–H and O–H groups in total. The van der Waals surface area contributed by atoms with E-state index in [1.54, 1.807) is 31.2 Å². The number of primary amides is 1. The summed E-state index contributed by atoms with van der Waals surface area (Å²) in [4.78, 5) is 16.0. The lowest BCUT2D eigenvalue weighted by Crippen LogP contribution is -2.15. The van der Waals surface area contributed by atoms with Gasteiger partial charge in [-0.25, -0.2) is 15.5 Å². The van der Waals surface area contributed by atoms with Crippen molar-refractivity contribution in [3.8, 4) is 17.4 Å². The molecule has 0 aliphatic carbocycles. The van der Waals surface area contributed by atoms with Crippen molar-refractivity contribution in [3.05, 3.63) is 71.3 Å². The average molecular weight is 1080 g/mol. The normalized spacial score (nSPS) is 12.5. The zero-order chi connectivity index (χ0) is 50.3. The third kappa shape index (κ3) is 11.9. The maximum Gasteiger partial charge on any atom is 0.297 e. The van der Waals surface area contributed by atoms with Crippen LogP contribution in [0, 0.1) is 13.8 Å². The summed E-state index contributed by atoms with van der Waals surface area (Å²) in [7, 11) is -9.60. The van der Waals surface area contributed by atoms with Gasteiger partial charge in [-0.05, 0) is 67.8 Å². The fourth-order valence-electron chi connectivity index (χ4n) is 6.54. The molecule has 27 nitrogen and oxygen atoms in total. The summed E-state index contributed by atoms with van der Waals surface area (Å²) in [6.07, 6.45) is -0.155. The predicted molar refractivity (Wildman–Crippen MR) is 252 cm³/mol. The molecule has 0 aliphatic rings. The predicted octanol–water partition coefficient (Wildman–Crippen LogP) is 9.36. The molecule has 4 aromatic carbocycles. The van der Waals surface area contributed by atoms with Crippen molar-refractivity contribution in [2.75, 3.05) is 23.9 Å². The molecular formula is C37H33N11O16S6. The summed E-state index contributed by atoms with van der Waals surface area (Å²) in [5.74, 6) is -1.88. The van der Waals surface area contributed by atoms with Gasteiger partial charge in [0.2, 0.25) is 5.88 Å². The van der Waals surface area contributed by atoms with Crippen LogP contribution in [0.1, 0.15) is 27.9 Å². The molecule has 0 atom stereocenters. The van der Waals surface area contributed by atoms with Crippen LogP contribution in [0.5, 0.6) is 17.4 Å². The summed E-state index contributed by atoms with van der Waals surface area (Å²) < 4.78 is 85.5. The Morgan fingerprint density at radius 2 is 1.57 bits per heavy atom. The number of amides is 1. The highest BCUT2D eigenvalue weighted by atomic mass is 32.2. The van der Waals surface area contributed by atoms with E-state index in [0.29, 0.717) is 32.4 Å². The molecule has 70 heavy (non-hydrogen) atoms. The molecule has 3 heterocycles. The molecule has 0 aliphatic heterocycles. The van der Waals surface area contributed by atoms with Crippen molar-refractivity contribution in [2.45, 2.75) is 34.4 Å². The highest BCUT2D eigenvalue weighted by molar-refractivity contribution is 8.02. The number of aromatic hydroxyl groups is 2. The maximum atomic E-state index is 13.1. The zero-order valence-electron chi connectivity index (χ0n) is 35.5. The second-order valence-electron chi connectivity index (χ2n) is 13.9. The van der Waals surface area contributed by atoms with Crippen molar-refractivity contribution < 1.29 is 74.9 Å². The summed E-state index contributed by atoms with van der Waals surface area (Å²) >= 11 is 3.57. The number of imidazole rings is 1. The molecule has 7 rings (SSSR count). The first-order valence-corrected chi connectivity index (χ1v) is 25.8. The van der Waals surface area contributed by atoms with Gasteiger partial charge in [-0.3, -0.25) is 18.3 Å². The third-order valence-electron chi connectivity index (χ3n) is 9.47. The molecule has 1 amide bonds. The molecule has 0 radical (unpaired) electrons. The Morgan fingerprint density at radius 1 is 0.843 bits per heavy atom. The number of nitrogens with zero attached hydrogens (tertiary/aromatic N) is 10. The summed E-state index contributed by atoms with van der Waals surface area (Å²) in [5.41, 5.74) is 5.89. The third-order valence-corrected chi connectivity index (χ3v) is 14.6. The van der Waals surface area contributed by atoms with E-state index in [9.17, 15) is 40.9 Å². The molecule has 0 saturated carbocycles. The summed E-state index contributed by atoms with van der Waals surface area (Å²) in [5, 5.41) is 80.3. The first-order chi connectivity index (χ1) is 33.4. The minimum atomic E-state index is -5.26. The van der Waals surface area contributed by atoms with Crippen LogP contribution >= 0.6 is 47.2 Å². The second-order valence-corrected chi connectivity index (χ2v) is 20.7. The van der Waals surface area contributed by atoms with Crippen LogP contribution < -0.4 is 10.5 Å². The number of ether oxygens (including phenoxy) is 1. The second kappa shape index (κ2) is 22.4. The van der Waals surface area contributed by atoms with E-state index in [1.165, 1.54) is 41.3 Å². The van der Waals surface area contributed by atoms with Gasteiger partial charge < -0.3 is 20.7 Å². The van der Waals surface area contributed by atoms with Crippen LogP contribution in [-0.4, -0.2) is 96.0 Å². The number of phenolic OH excluding ortho intramolecular Hbond substituents is 1. The lowest BCUT2D eigenvalue weighted by molar-refractivity contribution is -0.432. The Balaban J connectivity index is 1.28. The Bertz CT molecular complexity index is 3460. The maximum absolute atomic E-state index is 13.1. The van der Waals surface area contributed by atoms with Gasteiger partial charge in [0.15, 0.2) is 15.7 Å². The number of para-hydroxylation sites is 2. The SMILES string of the molecule is Cc1cc(N=Nc2c(SOOO)cc3c(S(=O)(=O)O)c(N=Nc4c(C)c(C(N)=O)c5nc6ccccc6n5c4O)ccc3c2O)c(OCCCS(=O)(=O)O)cc1N=Nc1nnc(SCCSOOO)s1. The van der Waals surface area contributed by atoms with Gasteiger partial charge >= 0.3 is 0 Å². The van der Waals surface area contributed by atoms with E-state index < -0.39 is 59.8 Å². The standard InChI is InChI=1S/C37H33N11O16S6/c1-17-14-24(26(60-10-5-13-69(54,55)56)16-23(17)41-45-36-46-47-37(67-36)65-11-12-66-63-61-52)42-44-30-27(68-64-62-53)15-20-19(31(30)49)8-9-22(32(20)70(57,58)59)40-43-29-18(2)28(33(38)50)34-39-21-6-3-4-7-25(21)48(34)35(29)51/h3-4,6-9,14-16,49,51-53H,5,10-13H2,1-2H3,(H2,38,50)(H,54,55,56)(H,57,58,59). The van der Waals surface area contributed by atoms with Crippen LogP contribution in [-0.2, 0) is 39.0 Å². The van der Waals surface area contributed by atoms with Gasteiger partial charge in [0.1, 0.15) is 33.4 Å². The van der Waals surface area contributed by atoms with Gasteiger partial charge in [0.05, 0.1) is 51.6 Å². The van der Waals surface area contributed by atoms with Crippen LogP contribution in [0.4, 0.5) is 33.6 Å². The highest BCUT2D eigenvalue weighted by Crippen LogP contribution is 2.48. The van der Waals surface area contributed by atoms with Gasteiger partial charge in [-0.1, -0.05) is 45.3 Å². The first-order valence-electron chi connectivity index (χ1n) is 19.3. The quantitative estimate of drug-likeness (QED) is 0.00631. The van der Waals surface area contributed by atoms with E-state index in [-0.39, 0.29) is 85.5 Å². The molecule has 33 heteroatoms. The van der Waals surface area contributed by atoms with Crippen LogP contribution in [0.2, 0.25) is 0 Å². The smallest absolute Gasteiger partial charge is 0.297 e. The van der Waals surface area contributed by atoms with Crippen LogP contribution in [0.3, 0.4) is 0 Å². The number of fused-ring (bicyclic) bond motifs is 4. The lowest BCUT2D eigenvalue weighted by Gasteiger charge is -2.14. The van der Waals surface area contributed by atoms with E-state index >= 15 is 0 Å². The Labute approximate surface area is 410 Å². The number of nitrogens with two attached hydrogens (primary N) is 1. The molecule has 7 aromatic rings. The van der Waals surface area contributed by atoms with E-state index in [0.717, 1.165) is 35.5 Å². The van der Waals surface area contributed by atoms with E-state index in [4.69, 9.17) is 21.0 Å². The molecule has 3 aromatic heterocycles. The fourth-order valence-corrected chi connectivity index (χ4v) is 10.4. The molecule has 0 spiro atoms. The lowest BCUT2D eigenvalue weighted by atomic mass is 10.1. The van der Waals surface area contributed by atoms with Gasteiger partial charge in [-0.15, -0.1) is 49.6 Å². The number of rotatable bonds is 22. The van der Waals surface area contributed by atoms with Crippen LogP contribution in [0.15, 0.2) is 99.4 Å². The number of phenols is 1. The number of hydrogen-bond acceptors (Lipinski definition) is 27. The minimum Gasteiger partial charge on any atom is -0.505 e. The number of carbonyl (C=O) groups is 1. The topological polar surface area (TPSA) is 396 Å². The van der Waals surface area contributed by atoms with Crippen molar-refractivity contribution in [2.24, 2.45) is 36.4 Å². The van der Waals surface area contributed by atoms with E-state index in [1.807, 2.05) is 0 Å². The number of pyridine rings is 1. The fraction of sp³-hybridized carbons (Fsp3) is 0.189. The van der Waals surface area contributed by atoms with Crippen molar-refractivity contribution in [3.63, 3.8) is 0 Å². The molecule has 0 bridgehead atoms. The number of benzene rings is 4. The monoisotopic (exact) mass is 1080 g/mol. The van der Waals surface area contributed by atoms with Gasteiger partial charge in [-0.2, -0.15) is 16.8 Å². The van der Waals surface area contributed by atoms with Crippen molar-refractivity contribution in [1.29, 1.82) is 0 Å². The molecule has 0 saturated heterocycles. The first kappa shape index (κ1) is 51.8. The van der Waals surface area contributed by atoms with Gasteiger partial charge in [0, 0.05) is 40.4 Å². The van der Waals surface area contributed by atoms with Crippen molar-refractivity contribution in [1.82, 2.24) is 19.6 Å². The highest BCUT2D eigenvalue weighted by Gasteiger charge is 2.27. The number of aromatic nitrogens is 4. The van der Waals surface area contributed by atoms with E-state index in [2.05, 4.69) is 64.6 Å². The molecule has 0 unspecified atom stereocenters. The Hall–Kier alpha value is -6.05. The van der Waals surface area contributed by atoms with Crippen LogP contribution in [0.25, 0.3) is 27.5 Å². The van der Waals surface area contributed by atoms with Crippen molar-refractivity contribution >= 4 is 134 Å². The summed E-state index contributed by atoms with van der Waals surface area (Å²) in [6, 6.07) is 12.8. The Kier molecular flexibility index (Phi) is 16.5. The number of hydrogen-bond donors (Lipinski definition) is 7. The number of azo groups is 3. The number of aryl methyl sites for hydroxylation is 1. The largest absolute Gasteiger partial charge is 0.505 e. The average Bonchev–Trinajstić information content (AvgIpc) is 3.93. The molecule has 0 fully saturated rings. The molecule has 368 valence electrons. The van der Waals surface area contributed by atoms with Gasteiger partial charge in [0.25, 0.3) is 31.3 Å². The molecular weight excluding hydrogens is 1050 g/mol. The Morgan fingerprint density at radius 3 is 2.30 bits per heavy atom. The zero-order valence-corrected chi connectivity index (χ0v) is 40.4. The summed E-state index contributed by atoms with van der Waals surface area (Å²) in [6.45, 7) is 2.79. The number of thioether (sulfide) groups is 1. The minimum absolute atomic E-state index is 0.0181. The number of carbonyl (C=O) groups excluding carboxylic acids is 1.